The maximum atomic E-state index is 12.1. The number of hydrogen-bond acceptors (Lipinski definition) is 3. The topological polar surface area (TPSA) is 57.7 Å². The van der Waals surface area contributed by atoms with Crippen molar-refractivity contribution in [3.63, 3.8) is 0 Å². The predicted molar refractivity (Wildman–Crippen MR) is 82.4 cm³/mol. The van der Waals surface area contributed by atoms with Crippen LogP contribution < -0.4 is 4.90 Å². The molecule has 1 aromatic carbocycles. The SMILES string of the molecule is CCN(CC)C(=O)CN(C(C)=O)c1ccc(C(C)=O)cc1. The Morgan fingerprint density at radius 2 is 1.48 bits per heavy atom. The van der Waals surface area contributed by atoms with Crippen molar-refractivity contribution in [1.82, 2.24) is 4.90 Å². The maximum Gasteiger partial charge on any atom is 0.242 e. The predicted octanol–water partition coefficient (Wildman–Crippen LogP) is 2.11. The Kier molecular flexibility index (Phi) is 6.09. The van der Waals surface area contributed by atoms with Crippen molar-refractivity contribution in [3.05, 3.63) is 29.8 Å². The lowest BCUT2D eigenvalue weighted by molar-refractivity contribution is -0.130. The molecule has 0 unspecified atom stereocenters. The van der Waals surface area contributed by atoms with Crippen molar-refractivity contribution < 1.29 is 14.4 Å². The summed E-state index contributed by atoms with van der Waals surface area (Å²) in [5.41, 5.74) is 1.20. The lowest BCUT2D eigenvalue weighted by Gasteiger charge is -2.25. The molecule has 5 heteroatoms. The van der Waals surface area contributed by atoms with Crippen LogP contribution >= 0.6 is 0 Å². The van der Waals surface area contributed by atoms with Crippen LogP contribution in [-0.2, 0) is 9.59 Å². The van der Waals surface area contributed by atoms with E-state index in [4.69, 9.17) is 0 Å². The zero-order chi connectivity index (χ0) is 16.0. The lowest BCUT2D eigenvalue weighted by atomic mass is 10.1. The van der Waals surface area contributed by atoms with Crippen LogP contribution in [0.5, 0.6) is 0 Å². The molecule has 5 nitrogen and oxygen atoms in total. The highest BCUT2D eigenvalue weighted by atomic mass is 16.2. The van der Waals surface area contributed by atoms with E-state index < -0.39 is 0 Å². The van der Waals surface area contributed by atoms with E-state index in [1.165, 1.54) is 18.7 Å². The molecule has 0 heterocycles. The van der Waals surface area contributed by atoms with E-state index in [0.717, 1.165) is 0 Å². The molecule has 1 rings (SSSR count). The second-order valence-electron chi connectivity index (χ2n) is 4.77. The summed E-state index contributed by atoms with van der Waals surface area (Å²) in [6.07, 6.45) is 0. The van der Waals surface area contributed by atoms with Gasteiger partial charge in [-0.2, -0.15) is 0 Å². The normalized spacial score (nSPS) is 10.1. The fraction of sp³-hybridized carbons (Fsp3) is 0.438. The van der Waals surface area contributed by atoms with Crippen LogP contribution in [-0.4, -0.2) is 42.1 Å². The van der Waals surface area contributed by atoms with Gasteiger partial charge in [-0.15, -0.1) is 0 Å². The third-order valence-electron chi connectivity index (χ3n) is 3.38. The molecule has 1 aromatic rings. The van der Waals surface area contributed by atoms with E-state index in [-0.39, 0.29) is 24.1 Å². The molecular weight excluding hydrogens is 268 g/mol. The summed E-state index contributed by atoms with van der Waals surface area (Å²) in [6, 6.07) is 6.70. The second-order valence-corrected chi connectivity index (χ2v) is 4.77. The van der Waals surface area contributed by atoms with Gasteiger partial charge >= 0.3 is 0 Å². The van der Waals surface area contributed by atoms with Gasteiger partial charge in [-0.1, -0.05) is 0 Å². The number of Topliss-reactive ketones (excluding diaryl/α,β-unsaturated/α-hetero) is 1. The first-order valence-corrected chi connectivity index (χ1v) is 7.07. The van der Waals surface area contributed by atoms with Crippen LogP contribution in [0.1, 0.15) is 38.1 Å². The van der Waals surface area contributed by atoms with E-state index in [9.17, 15) is 14.4 Å². The number of likely N-dealkylation sites (N-methyl/N-ethyl adjacent to an activating group) is 1. The number of rotatable bonds is 6. The molecular formula is C16H22N2O3. The number of anilines is 1. The Morgan fingerprint density at radius 3 is 1.86 bits per heavy atom. The van der Waals surface area contributed by atoms with Gasteiger partial charge in [0, 0.05) is 31.3 Å². The van der Waals surface area contributed by atoms with Gasteiger partial charge in [-0.3, -0.25) is 14.4 Å². The highest BCUT2D eigenvalue weighted by Gasteiger charge is 2.18. The monoisotopic (exact) mass is 290 g/mol. The first-order chi connectivity index (χ1) is 9.90. The first-order valence-electron chi connectivity index (χ1n) is 7.07. The van der Waals surface area contributed by atoms with Crippen molar-refractivity contribution >= 4 is 23.3 Å². The summed E-state index contributed by atoms with van der Waals surface area (Å²) in [4.78, 5) is 38.3. The van der Waals surface area contributed by atoms with Crippen molar-refractivity contribution in [1.29, 1.82) is 0 Å². The maximum absolute atomic E-state index is 12.1. The molecule has 0 aliphatic carbocycles. The summed E-state index contributed by atoms with van der Waals surface area (Å²) in [5.74, 6) is -0.327. The Labute approximate surface area is 125 Å². The number of amides is 2. The molecule has 0 saturated heterocycles. The van der Waals surface area contributed by atoms with E-state index in [2.05, 4.69) is 0 Å². The summed E-state index contributed by atoms with van der Waals surface area (Å²) >= 11 is 0. The van der Waals surface area contributed by atoms with Crippen LogP contribution in [0.15, 0.2) is 24.3 Å². The molecule has 0 spiro atoms. The van der Waals surface area contributed by atoms with Crippen LogP contribution in [0.4, 0.5) is 5.69 Å². The summed E-state index contributed by atoms with van der Waals surface area (Å²) < 4.78 is 0. The number of nitrogens with zero attached hydrogens (tertiary/aromatic N) is 2. The molecule has 0 aliphatic rings. The third kappa shape index (κ3) is 4.41. The Balaban J connectivity index is 2.94. The number of carbonyl (C=O) groups is 3. The number of benzene rings is 1. The molecule has 0 atom stereocenters. The molecule has 0 aromatic heterocycles. The third-order valence-corrected chi connectivity index (χ3v) is 3.38. The van der Waals surface area contributed by atoms with Gasteiger partial charge in [-0.25, -0.2) is 0 Å². The summed E-state index contributed by atoms with van der Waals surface area (Å²) in [6.45, 7) is 7.96. The van der Waals surface area contributed by atoms with Crippen molar-refractivity contribution in [2.24, 2.45) is 0 Å². The van der Waals surface area contributed by atoms with Crippen molar-refractivity contribution in [2.75, 3.05) is 24.5 Å². The average molecular weight is 290 g/mol. The van der Waals surface area contributed by atoms with E-state index in [1.54, 1.807) is 29.2 Å². The fourth-order valence-electron chi connectivity index (χ4n) is 2.07. The minimum Gasteiger partial charge on any atom is -0.342 e. The van der Waals surface area contributed by atoms with Gasteiger partial charge in [0.2, 0.25) is 11.8 Å². The fourth-order valence-corrected chi connectivity index (χ4v) is 2.07. The lowest BCUT2D eigenvalue weighted by Crippen LogP contribution is -2.42. The molecule has 114 valence electrons. The smallest absolute Gasteiger partial charge is 0.242 e. The molecule has 0 radical (unpaired) electrons. The molecule has 0 fully saturated rings. The molecule has 21 heavy (non-hydrogen) atoms. The van der Waals surface area contributed by atoms with Crippen LogP contribution in [0.3, 0.4) is 0 Å². The van der Waals surface area contributed by atoms with Crippen LogP contribution in [0, 0.1) is 0 Å². The zero-order valence-electron chi connectivity index (χ0n) is 13.0. The summed E-state index contributed by atoms with van der Waals surface area (Å²) in [7, 11) is 0. The van der Waals surface area contributed by atoms with E-state index in [0.29, 0.717) is 24.3 Å². The quantitative estimate of drug-likeness (QED) is 0.754. The highest BCUT2D eigenvalue weighted by molar-refractivity contribution is 5.98. The molecule has 2 amide bonds. The van der Waals surface area contributed by atoms with Gasteiger partial charge in [-0.05, 0) is 45.0 Å². The minimum absolute atomic E-state index is 0.0103. The molecule has 0 bridgehead atoms. The van der Waals surface area contributed by atoms with Gasteiger partial charge in [0.25, 0.3) is 0 Å². The van der Waals surface area contributed by atoms with E-state index >= 15 is 0 Å². The number of ketones is 1. The van der Waals surface area contributed by atoms with Gasteiger partial charge in [0.05, 0.1) is 0 Å². The second kappa shape index (κ2) is 7.57. The van der Waals surface area contributed by atoms with Gasteiger partial charge in [0.15, 0.2) is 5.78 Å². The van der Waals surface area contributed by atoms with Crippen molar-refractivity contribution in [3.8, 4) is 0 Å². The summed E-state index contributed by atoms with van der Waals surface area (Å²) in [5, 5.41) is 0. The molecule has 0 aliphatic heterocycles. The highest BCUT2D eigenvalue weighted by Crippen LogP contribution is 2.16. The van der Waals surface area contributed by atoms with Gasteiger partial charge in [0.1, 0.15) is 6.54 Å². The standard InChI is InChI=1S/C16H22N2O3/c1-5-17(6-2)16(21)11-18(13(4)20)15-9-7-14(8-10-15)12(3)19/h7-10H,5-6,11H2,1-4H3. The van der Waals surface area contributed by atoms with E-state index in [1.807, 2.05) is 13.8 Å². The largest absolute Gasteiger partial charge is 0.342 e. The van der Waals surface area contributed by atoms with Crippen LogP contribution in [0.25, 0.3) is 0 Å². The Bertz CT molecular complexity index is 519. The Morgan fingerprint density at radius 1 is 0.952 bits per heavy atom. The average Bonchev–Trinajstić information content (AvgIpc) is 2.45. The van der Waals surface area contributed by atoms with Crippen LogP contribution in [0.2, 0.25) is 0 Å². The van der Waals surface area contributed by atoms with Crippen molar-refractivity contribution in [2.45, 2.75) is 27.7 Å². The molecule has 0 saturated carbocycles. The first kappa shape index (κ1) is 16.9. The number of carbonyl (C=O) groups excluding carboxylic acids is 3. The number of hydrogen-bond donors (Lipinski definition) is 0. The zero-order valence-corrected chi connectivity index (χ0v) is 13.0. The minimum atomic E-state index is -0.203. The Hall–Kier alpha value is -2.17. The van der Waals surface area contributed by atoms with Gasteiger partial charge < -0.3 is 9.80 Å². The molecule has 0 N–H and O–H groups in total.